The highest BCUT2D eigenvalue weighted by Crippen LogP contribution is 2.20. The molecule has 2 heterocycles. The van der Waals surface area contributed by atoms with Crippen molar-refractivity contribution in [3.63, 3.8) is 0 Å². The number of amides is 3. The summed E-state index contributed by atoms with van der Waals surface area (Å²) >= 11 is 0. The van der Waals surface area contributed by atoms with Crippen LogP contribution >= 0.6 is 0 Å². The topological polar surface area (TPSA) is 81.8 Å². The normalized spacial score (nSPS) is 16.9. The standard InChI is InChI=1S/C28H36N4O3/c1-21-13-17-32(18-14-21)28(35)23-7-6-8-25(19-23)29-20-26(33)30-24-11-9-22(10-12-24)27(34)31-15-4-2-3-5-16-31/h6-12,19,21,29H,2-5,13-18,20H2,1H3,(H,30,33). The number of hydrogen-bond donors (Lipinski definition) is 2. The number of carbonyl (C=O) groups excluding carboxylic acids is 3. The van der Waals surface area contributed by atoms with Gasteiger partial charge in [-0.2, -0.15) is 0 Å². The zero-order valence-electron chi connectivity index (χ0n) is 20.6. The van der Waals surface area contributed by atoms with E-state index in [0.717, 1.165) is 57.5 Å². The van der Waals surface area contributed by atoms with Gasteiger partial charge in [-0.3, -0.25) is 14.4 Å². The molecule has 2 aromatic carbocycles. The lowest BCUT2D eigenvalue weighted by atomic mass is 9.98. The Morgan fingerprint density at radius 2 is 1.40 bits per heavy atom. The van der Waals surface area contributed by atoms with Crippen molar-refractivity contribution in [2.75, 3.05) is 43.4 Å². The van der Waals surface area contributed by atoms with E-state index < -0.39 is 0 Å². The molecular formula is C28H36N4O3. The van der Waals surface area contributed by atoms with Crippen molar-refractivity contribution < 1.29 is 14.4 Å². The van der Waals surface area contributed by atoms with Crippen LogP contribution in [-0.2, 0) is 4.79 Å². The zero-order valence-corrected chi connectivity index (χ0v) is 20.6. The van der Waals surface area contributed by atoms with Crippen LogP contribution in [0.25, 0.3) is 0 Å². The largest absolute Gasteiger partial charge is 0.376 e. The summed E-state index contributed by atoms with van der Waals surface area (Å²) in [6, 6.07) is 14.4. The molecule has 0 atom stereocenters. The summed E-state index contributed by atoms with van der Waals surface area (Å²) in [5, 5.41) is 5.96. The molecule has 3 amide bonds. The molecule has 0 bridgehead atoms. The molecule has 0 aromatic heterocycles. The number of nitrogens with one attached hydrogen (secondary N) is 2. The Labute approximate surface area is 207 Å². The summed E-state index contributed by atoms with van der Waals surface area (Å²) < 4.78 is 0. The van der Waals surface area contributed by atoms with Gasteiger partial charge >= 0.3 is 0 Å². The lowest BCUT2D eigenvalue weighted by molar-refractivity contribution is -0.114. The fourth-order valence-corrected chi connectivity index (χ4v) is 4.70. The van der Waals surface area contributed by atoms with Gasteiger partial charge in [0.05, 0.1) is 6.54 Å². The molecule has 4 rings (SSSR count). The van der Waals surface area contributed by atoms with Crippen molar-refractivity contribution >= 4 is 29.1 Å². The van der Waals surface area contributed by atoms with Gasteiger partial charge in [-0.05, 0) is 74.1 Å². The number of carbonyl (C=O) groups is 3. The molecule has 2 aromatic rings. The molecule has 0 aliphatic carbocycles. The van der Waals surface area contributed by atoms with Crippen LogP contribution in [0.5, 0.6) is 0 Å². The second-order valence-electron chi connectivity index (χ2n) is 9.74. The first-order chi connectivity index (χ1) is 17.0. The second kappa shape index (κ2) is 11.9. The SMILES string of the molecule is CC1CCN(C(=O)c2cccc(NCC(=O)Nc3ccc(C(=O)N4CCCCCC4)cc3)c2)CC1. The summed E-state index contributed by atoms with van der Waals surface area (Å²) in [5.74, 6) is 0.569. The van der Waals surface area contributed by atoms with Crippen molar-refractivity contribution in [3.8, 4) is 0 Å². The number of likely N-dealkylation sites (tertiary alicyclic amines) is 2. The van der Waals surface area contributed by atoms with Gasteiger partial charge in [0.2, 0.25) is 5.91 Å². The van der Waals surface area contributed by atoms with E-state index in [2.05, 4.69) is 17.6 Å². The summed E-state index contributed by atoms with van der Waals surface area (Å²) in [4.78, 5) is 41.9. The van der Waals surface area contributed by atoms with Gasteiger partial charge in [-0.15, -0.1) is 0 Å². The summed E-state index contributed by atoms with van der Waals surface area (Å²) in [7, 11) is 0. The molecule has 2 fully saturated rings. The zero-order chi connectivity index (χ0) is 24.6. The van der Waals surface area contributed by atoms with Crippen LogP contribution in [0.3, 0.4) is 0 Å². The van der Waals surface area contributed by atoms with Gasteiger partial charge in [0.1, 0.15) is 0 Å². The minimum Gasteiger partial charge on any atom is -0.376 e. The number of piperidine rings is 1. The van der Waals surface area contributed by atoms with Crippen LogP contribution in [0, 0.1) is 5.92 Å². The fourth-order valence-electron chi connectivity index (χ4n) is 4.70. The number of anilines is 2. The van der Waals surface area contributed by atoms with Crippen molar-refractivity contribution in [1.82, 2.24) is 9.80 Å². The van der Waals surface area contributed by atoms with Crippen molar-refractivity contribution in [2.45, 2.75) is 45.4 Å². The van der Waals surface area contributed by atoms with E-state index in [1.165, 1.54) is 12.8 Å². The van der Waals surface area contributed by atoms with E-state index in [1.807, 2.05) is 28.0 Å². The minimum absolute atomic E-state index is 0.0415. The van der Waals surface area contributed by atoms with Gasteiger partial charge in [-0.1, -0.05) is 25.8 Å². The monoisotopic (exact) mass is 476 g/mol. The van der Waals surface area contributed by atoms with E-state index in [0.29, 0.717) is 22.7 Å². The lowest BCUT2D eigenvalue weighted by Gasteiger charge is -2.30. The van der Waals surface area contributed by atoms with Gasteiger partial charge < -0.3 is 20.4 Å². The van der Waals surface area contributed by atoms with Crippen molar-refractivity contribution in [1.29, 1.82) is 0 Å². The second-order valence-corrected chi connectivity index (χ2v) is 9.74. The van der Waals surface area contributed by atoms with E-state index in [9.17, 15) is 14.4 Å². The molecule has 2 aliphatic rings. The maximum absolute atomic E-state index is 12.8. The first-order valence-corrected chi connectivity index (χ1v) is 12.8. The van der Waals surface area contributed by atoms with Gasteiger partial charge in [0, 0.05) is 48.7 Å². The van der Waals surface area contributed by atoms with E-state index in [4.69, 9.17) is 0 Å². The predicted octanol–water partition coefficient (Wildman–Crippen LogP) is 4.63. The highest BCUT2D eigenvalue weighted by molar-refractivity contribution is 5.97. The summed E-state index contributed by atoms with van der Waals surface area (Å²) in [6.07, 6.45) is 6.56. The molecular weight excluding hydrogens is 440 g/mol. The Morgan fingerprint density at radius 3 is 2.09 bits per heavy atom. The highest BCUT2D eigenvalue weighted by Gasteiger charge is 2.21. The molecule has 0 spiro atoms. The van der Waals surface area contributed by atoms with Gasteiger partial charge in [0.15, 0.2) is 0 Å². The third-order valence-electron chi connectivity index (χ3n) is 6.94. The molecule has 2 saturated heterocycles. The van der Waals surface area contributed by atoms with Crippen LogP contribution in [0.4, 0.5) is 11.4 Å². The first kappa shape index (κ1) is 24.8. The minimum atomic E-state index is -0.196. The van der Waals surface area contributed by atoms with Crippen LogP contribution in [0.2, 0.25) is 0 Å². The number of benzene rings is 2. The average molecular weight is 477 g/mol. The maximum Gasteiger partial charge on any atom is 0.253 e. The van der Waals surface area contributed by atoms with Crippen LogP contribution in [-0.4, -0.2) is 60.2 Å². The van der Waals surface area contributed by atoms with Crippen molar-refractivity contribution in [2.24, 2.45) is 5.92 Å². The molecule has 35 heavy (non-hydrogen) atoms. The molecule has 0 saturated carbocycles. The summed E-state index contributed by atoms with van der Waals surface area (Å²) in [5.41, 5.74) is 2.66. The Hall–Kier alpha value is -3.35. The number of hydrogen-bond acceptors (Lipinski definition) is 4. The Kier molecular flexibility index (Phi) is 8.40. The third-order valence-corrected chi connectivity index (χ3v) is 6.94. The summed E-state index contributed by atoms with van der Waals surface area (Å²) in [6.45, 7) is 5.51. The quantitative estimate of drug-likeness (QED) is 0.637. The molecule has 7 heteroatoms. The van der Waals surface area contributed by atoms with Gasteiger partial charge in [-0.25, -0.2) is 0 Å². The third kappa shape index (κ3) is 6.84. The van der Waals surface area contributed by atoms with E-state index in [1.54, 1.807) is 30.3 Å². The lowest BCUT2D eigenvalue weighted by Crippen LogP contribution is -2.37. The number of rotatable bonds is 6. The predicted molar refractivity (Wildman–Crippen MR) is 139 cm³/mol. The molecule has 186 valence electrons. The maximum atomic E-state index is 12.8. The first-order valence-electron chi connectivity index (χ1n) is 12.8. The van der Waals surface area contributed by atoms with Gasteiger partial charge in [0.25, 0.3) is 11.8 Å². The van der Waals surface area contributed by atoms with Crippen LogP contribution in [0.15, 0.2) is 48.5 Å². The van der Waals surface area contributed by atoms with E-state index in [-0.39, 0.29) is 24.3 Å². The Morgan fingerprint density at radius 1 is 0.771 bits per heavy atom. The Bertz CT molecular complexity index is 1020. The highest BCUT2D eigenvalue weighted by atomic mass is 16.2. The fraction of sp³-hybridized carbons (Fsp3) is 0.464. The van der Waals surface area contributed by atoms with E-state index >= 15 is 0 Å². The van der Waals surface area contributed by atoms with Crippen molar-refractivity contribution in [3.05, 3.63) is 59.7 Å². The Balaban J connectivity index is 1.27. The molecule has 2 N–H and O–H groups in total. The van der Waals surface area contributed by atoms with Crippen LogP contribution < -0.4 is 10.6 Å². The smallest absolute Gasteiger partial charge is 0.253 e. The van der Waals surface area contributed by atoms with Crippen LogP contribution in [0.1, 0.15) is 66.2 Å². The molecule has 0 radical (unpaired) electrons. The average Bonchev–Trinajstić information content (AvgIpc) is 3.17. The number of nitrogens with zero attached hydrogens (tertiary/aromatic N) is 2. The molecule has 0 unspecified atom stereocenters. The molecule has 7 nitrogen and oxygen atoms in total. The molecule has 2 aliphatic heterocycles.